The summed E-state index contributed by atoms with van der Waals surface area (Å²) in [6.07, 6.45) is 2.18. The van der Waals surface area contributed by atoms with E-state index in [0.29, 0.717) is 28.8 Å². The van der Waals surface area contributed by atoms with Crippen molar-refractivity contribution in [3.05, 3.63) is 70.4 Å². The molecule has 30 heavy (non-hydrogen) atoms. The second-order valence-electron chi connectivity index (χ2n) is 8.47. The van der Waals surface area contributed by atoms with Crippen molar-refractivity contribution < 1.29 is 4.79 Å². The van der Waals surface area contributed by atoms with E-state index in [0.717, 1.165) is 29.9 Å². The third kappa shape index (κ3) is 4.46. The Morgan fingerprint density at radius 2 is 1.57 bits per heavy atom. The van der Waals surface area contributed by atoms with Gasteiger partial charge in [0.2, 0.25) is 5.95 Å². The van der Waals surface area contributed by atoms with Gasteiger partial charge in [-0.2, -0.15) is 4.98 Å². The van der Waals surface area contributed by atoms with E-state index < -0.39 is 0 Å². The molecule has 154 valence electrons. The van der Waals surface area contributed by atoms with Crippen LogP contribution in [0.4, 0.5) is 23.1 Å². The second-order valence-corrected chi connectivity index (χ2v) is 8.90. The lowest BCUT2D eigenvalue weighted by molar-refractivity contribution is 0.0911. The van der Waals surface area contributed by atoms with Crippen LogP contribution in [0.3, 0.4) is 0 Å². The molecule has 3 aromatic rings. The summed E-state index contributed by atoms with van der Waals surface area (Å²) in [6.45, 7) is 6.32. The minimum absolute atomic E-state index is 0.0759. The monoisotopic (exact) mass is 420 g/mol. The maximum Gasteiger partial charge on any atom is 0.229 e. The highest BCUT2D eigenvalue weighted by Crippen LogP contribution is 2.37. The van der Waals surface area contributed by atoms with Crippen LogP contribution >= 0.6 is 11.6 Å². The van der Waals surface area contributed by atoms with E-state index in [-0.39, 0.29) is 11.2 Å². The summed E-state index contributed by atoms with van der Waals surface area (Å²) >= 11 is 5.99. The Balaban J connectivity index is 1.74. The Labute approximate surface area is 181 Å². The van der Waals surface area contributed by atoms with Crippen molar-refractivity contribution >= 4 is 40.5 Å². The van der Waals surface area contributed by atoms with Crippen LogP contribution in [0.5, 0.6) is 0 Å². The molecule has 0 atom stereocenters. The molecule has 0 saturated carbocycles. The number of halogens is 1. The van der Waals surface area contributed by atoms with Crippen molar-refractivity contribution in [1.29, 1.82) is 0 Å². The summed E-state index contributed by atoms with van der Waals surface area (Å²) in [5, 5.41) is 7.24. The van der Waals surface area contributed by atoms with Crippen molar-refractivity contribution in [1.82, 2.24) is 9.97 Å². The molecule has 0 unspecified atom stereocenters. The van der Waals surface area contributed by atoms with Gasteiger partial charge >= 0.3 is 0 Å². The first-order chi connectivity index (χ1) is 14.3. The lowest BCUT2D eigenvalue weighted by Gasteiger charge is -2.30. The number of hydrogen-bond acceptors (Lipinski definition) is 5. The van der Waals surface area contributed by atoms with E-state index in [1.807, 2.05) is 36.4 Å². The van der Waals surface area contributed by atoms with Gasteiger partial charge in [-0.25, -0.2) is 4.98 Å². The molecule has 0 bridgehead atoms. The Morgan fingerprint density at radius 1 is 0.933 bits per heavy atom. The van der Waals surface area contributed by atoms with Gasteiger partial charge in [-0.1, -0.05) is 44.5 Å². The van der Waals surface area contributed by atoms with Gasteiger partial charge < -0.3 is 10.6 Å². The highest BCUT2D eigenvalue weighted by Gasteiger charge is 2.35. The van der Waals surface area contributed by atoms with Gasteiger partial charge in [-0.05, 0) is 60.2 Å². The molecule has 0 radical (unpaired) electrons. The van der Waals surface area contributed by atoms with Crippen molar-refractivity contribution in [2.24, 2.45) is 5.41 Å². The first-order valence-corrected chi connectivity index (χ1v) is 10.5. The third-order valence-corrected chi connectivity index (χ3v) is 5.53. The minimum atomic E-state index is -0.129. The Kier molecular flexibility index (Phi) is 5.48. The number of nitrogens with one attached hydrogen (secondary N) is 2. The summed E-state index contributed by atoms with van der Waals surface area (Å²) in [4.78, 5) is 22.3. The number of nitrogens with zero attached hydrogens (tertiary/aromatic N) is 2. The highest BCUT2D eigenvalue weighted by molar-refractivity contribution is 6.30. The number of carbonyl (C=O) groups excluding carboxylic acids is 1. The van der Waals surface area contributed by atoms with Gasteiger partial charge in [-0.15, -0.1) is 0 Å². The molecule has 2 N–H and O–H groups in total. The van der Waals surface area contributed by atoms with E-state index in [2.05, 4.69) is 48.5 Å². The fourth-order valence-corrected chi connectivity index (χ4v) is 3.86. The molecule has 0 fully saturated rings. The quantitative estimate of drug-likeness (QED) is 0.504. The Morgan fingerprint density at radius 3 is 2.23 bits per heavy atom. The highest BCUT2D eigenvalue weighted by atomic mass is 35.5. The fourth-order valence-electron chi connectivity index (χ4n) is 3.74. The minimum Gasteiger partial charge on any atom is -0.339 e. The lowest BCUT2D eigenvalue weighted by atomic mass is 9.75. The second kappa shape index (κ2) is 8.07. The topological polar surface area (TPSA) is 66.9 Å². The zero-order chi connectivity index (χ0) is 21.3. The number of hydrogen-bond donors (Lipinski definition) is 2. The summed E-state index contributed by atoms with van der Waals surface area (Å²) in [5.74, 6) is 1.07. The predicted octanol–water partition coefficient (Wildman–Crippen LogP) is 6.33. The van der Waals surface area contributed by atoms with Gasteiger partial charge in [0.05, 0.1) is 11.3 Å². The SMILES string of the molecule is CCc1ccc(Nc2nc(Nc3ccc(Cl)cc3)nc3c2C(=O)CC(C)(C)C3)cc1. The van der Waals surface area contributed by atoms with Crippen LogP contribution in [-0.4, -0.2) is 15.8 Å². The molecule has 1 aliphatic rings. The zero-order valence-electron chi connectivity index (χ0n) is 17.4. The van der Waals surface area contributed by atoms with Crippen molar-refractivity contribution in [3.63, 3.8) is 0 Å². The molecular weight excluding hydrogens is 396 g/mol. The molecule has 6 heteroatoms. The van der Waals surface area contributed by atoms with E-state index in [1.165, 1.54) is 5.56 Å². The smallest absolute Gasteiger partial charge is 0.229 e. The molecule has 0 spiro atoms. The fraction of sp³-hybridized carbons (Fsp3) is 0.292. The van der Waals surface area contributed by atoms with E-state index >= 15 is 0 Å². The van der Waals surface area contributed by atoms with Crippen LogP contribution in [0.2, 0.25) is 5.02 Å². The third-order valence-electron chi connectivity index (χ3n) is 5.27. The van der Waals surface area contributed by atoms with Crippen LogP contribution in [0, 0.1) is 5.41 Å². The summed E-state index contributed by atoms with van der Waals surface area (Å²) in [5.41, 5.74) is 4.22. The van der Waals surface area contributed by atoms with E-state index in [9.17, 15) is 4.79 Å². The largest absolute Gasteiger partial charge is 0.339 e. The average molecular weight is 421 g/mol. The molecule has 0 saturated heterocycles. The van der Waals surface area contributed by atoms with Crippen LogP contribution in [0.25, 0.3) is 0 Å². The zero-order valence-corrected chi connectivity index (χ0v) is 18.2. The van der Waals surface area contributed by atoms with Crippen molar-refractivity contribution in [3.8, 4) is 0 Å². The van der Waals surface area contributed by atoms with Crippen LogP contribution in [0.1, 0.15) is 48.8 Å². The maximum absolute atomic E-state index is 13.0. The number of Topliss-reactive ketones (excluding diaryl/α,β-unsaturated/α-hetero) is 1. The molecule has 0 aliphatic heterocycles. The van der Waals surface area contributed by atoms with Gasteiger partial charge in [0.25, 0.3) is 0 Å². The number of anilines is 4. The number of fused-ring (bicyclic) bond motifs is 1. The van der Waals surface area contributed by atoms with Gasteiger partial charge in [0, 0.05) is 22.8 Å². The molecule has 2 aromatic carbocycles. The van der Waals surface area contributed by atoms with Gasteiger partial charge in [0.15, 0.2) is 5.78 Å². The van der Waals surface area contributed by atoms with E-state index in [4.69, 9.17) is 16.6 Å². The number of ketones is 1. The molecule has 4 rings (SSSR count). The first-order valence-electron chi connectivity index (χ1n) is 10.2. The average Bonchev–Trinajstić information content (AvgIpc) is 2.69. The van der Waals surface area contributed by atoms with Gasteiger partial charge in [-0.3, -0.25) is 4.79 Å². The first kappa shape index (κ1) is 20.4. The van der Waals surface area contributed by atoms with Crippen LogP contribution in [-0.2, 0) is 12.8 Å². The number of carbonyl (C=O) groups is 1. The Hall–Kier alpha value is -2.92. The number of benzene rings is 2. The molecule has 1 aliphatic carbocycles. The number of aromatic nitrogens is 2. The van der Waals surface area contributed by atoms with E-state index in [1.54, 1.807) is 0 Å². The summed E-state index contributed by atoms with van der Waals surface area (Å²) in [7, 11) is 0. The summed E-state index contributed by atoms with van der Waals surface area (Å²) in [6, 6.07) is 15.5. The maximum atomic E-state index is 13.0. The van der Waals surface area contributed by atoms with Crippen LogP contribution in [0.15, 0.2) is 48.5 Å². The molecule has 1 aromatic heterocycles. The standard InChI is InChI=1S/C24H25ClN4O/c1-4-15-5-9-17(10-6-15)26-22-21-19(13-24(2,3)14-20(21)30)28-23(29-22)27-18-11-7-16(25)8-12-18/h5-12H,4,13-14H2,1-3H3,(H2,26,27,28,29). The molecule has 0 amide bonds. The normalized spacial score (nSPS) is 14.9. The molecule has 5 nitrogen and oxygen atoms in total. The van der Waals surface area contributed by atoms with Crippen molar-refractivity contribution in [2.45, 2.75) is 40.0 Å². The number of rotatable bonds is 5. The van der Waals surface area contributed by atoms with Gasteiger partial charge in [0.1, 0.15) is 5.82 Å². The molecule has 1 heterocycles. The number of aryl methyl sites for hydroxylation is 1. The van der Waals surface area contributed by atoms with Crippen LogP contribution < -0.4 is 10.6 Å². The predicted molar refractivity (Wildman–Crippen MR) is 122 cm³/mol. The van der Waals surface area contributed by atoms with Crippen molar-refractivity contribution in [2.75, 3.05) is 10.6 Å². The molecular formula is C24H25ClN4O. The summed E-state index contributed by atoms with van der Waals surface area (Å²) < 4.78 is 0. The Bertz CT molecular complexity index is 1080. The lowest BCUT2D eigenvalue weighted by Crippen LogP contribution is -2.29.